The average molecular weight is 1770 g/mol. The Kier molecular flexibility index (Phi) is 34.9. The molecule has 0 spiro atoms. The number of ketones is 1. The first kappa shape index (κ1) is 69.2. The summed E-state index contributed by atoms with van der Waals surface area (Å²) in [5.41, 5.74) is 1.68. The number of nitrogens with zero attached hydrogens (tertiary/aromatic N) is 2. The summed E-state index contributed by atoms with van der Waals surface area (Å²) in [7, 11) is -7.97. The maximum absolute atomic E-state index is 13.0. The summed E-state index contributed by atoms with van der Waals surface area (Å²) in [5.74, 6) is -1.01. The number of alkyl halides is 7. The summed E-state index contributed by atoms with van der Waals surface area (Å²) in [6.45, 7) is -0.318. The van der Waals surface area contributed by atoms with Gasteiger partial charge in [0.15, 0.2) is 51.1 Å². The molecule has 13 nitrogen and oxygen atoms in total. The quantitative estimate of drug-likeness (QED) is 0.108. The van der Waals surface area contributed by atoms with Gasteiger partial charge in [0.2, 0.25) is 11.8 Å². The van der Waals surface area contributed by atoms with E-state index < -0.39 is 94.2 Å². The Hall–Kier alpha value is 2.17. The summed E-state index contributed by atoms with van der Waals surface area (Å²) in [5, 5.41) is 18.7. The minimum atomic E-state index is -3.33. The molecule has 0 radical (unpaired) electrons. The molecule has 30 heteroatoms. The van der Waals surface area contributed by atoms with Gasteiger partial charge in [-0.15, -0.1) is 11.6 Å². The van der Waals surface area contributed by atoms with E-state index in [1.807, 2.05) is 0 Å². The van der Waals surface area contributed by atoms with E-state index in [4.69, 9.17) is 68.8 Å². The molecule has 5 rings (SSSR count). The molecule has 3 aromatic carbocycles. The van der Waals surface area contributed by atoms with Crippen LogP contribution >= 0.6 is 158 Å². The van der Waals surface area contributed by atoms with Gasteiger partial charge in [-0.05, 0) is 60.0 Å². The van der Waals surface area contributed by atoms with Crippen LogP contribution in [0.3, 0.4) is 0 Å². The molecule has 0 bridgehead atoms. The summed E-state index contributed by atoms with van der Waals surface area (Å²) in [6.07, 6.45) is 0.789. The van der Waals surface area contributed by atoms with Crippen LogP contribution in [0.5, 0.6) is 0 Å². The second-order valence-electron chi connectivity index (χ2n) is 14.0. The third kappa shape index (κ3) is 25.9. The number of aliphatic hydroxyl groups excluding tert-OH is 2. The predicted molar refractivity (Wildman–Crippen MR) is 309 cm³/mol. The van der Waals surface area contributed by atoms with E-state index in [9.17, 15) is 49.0 Å². The number of aliphatic hydroxyl groups is 2. The number of carbonyl (C=O) groups is 1. The molecule has 0 saturated carbocycles. The second kappa shape index (κ2) is 34.8. The molecule has 2 aliphatic heterocycles. The van der Waals surface area contributed by atoms with Crippen LogP contribution in [0.1, 0.15) is 57.1 Å². The molecule has 0 aliphatic carbocycles. The van der Waals surface area contributed by atoms with Crippen LogP contribution in [0.15, 0.2) is 97.5 Å². The fraction of sp³-hybridized carbons (Fsp3) is 0.462. The van der Waals surface area contributed by atoms with E-state index in [1.54, 1.807) is 24.3 Å². The Morgan fingerprint density at radius 2 is 1.06 bits per heavy atom. The van der Waals surface area contributed by atoms with Crippen LogP contribution in [0.2, 0.25) is 0 Å². The van der Waals surface area contributed by atoms with E-state index in [2.05, 4.69) is 110 Å². The SMILES string of the molecule is CC(Cl)C(=O)C[C@H](CF)[C@H](O)c1ccc(S(C)(=O)=O)cc1.CS(=O)(=O)c1ccc([C@H]2OC(C(Cl)Cl)=N[C@@H]2CF)cc1.CS(=O)(=O)c1ccc([C@H]2OC(C(Cl)Cl)=N[C@@H]2CO)cc1.[3H]C.[I][V]([I])[I].[I][V][I]. The van der Waals surface area contributed by atoms with Crippen molar-refractivity contribution in [3.05, 3.63) is 89.5 Å². The molecular formula is C39H47Cl5F2I5N2O11S3V2. The first-order valence-electron chi connectivity index (χ1n) is 19.7. The predicted octanol–water partition coefficient (Wildman–Crippen LogP) is 11.8. The molecule has 0 aromatic heterocycles. The van der Waals surface area contributed by atoms with E-state index in [1.165, 1.54) is 62.9 Å². The number of benzene rings is 3. The molecule has 69 heavy (non-hydrogen) atoms. The van der Waals surface area contributed by atoms with Gasteiger partial charge in [0.25, 0.3) is 0 Å². The molecule has 3 aromatic rings. The van der Waals surface area contributed by atoms with Crippen molar-refractivity contribution >= 4 is 205 Å². The number of aliphatic imine (C=N–C) groups is 2. The number of rotatable bonds is 15. The zero-order valence-electron chi connectivity index (χ0n) is 37.6. The van der Waals surface area contributed by atoms with Crippen LogP contribution in [0.4, 0.5) is 8.78 Å². The van der Waals surface area contributed by atoms with Gasteiger partial charge < -0.3 is 19.7 Å². The molecule has 7 atom stereocenters. The Labute approximate surface area is 496 Å². The molecule has 0 saturated heterocycles. The fourth-order valence-electron chi connectivity index (χ4n) is 5.65. The average Bonchev–Trinajstić information content (AvgIpc) is 3.94. The second-order valence-corrected chi connectivity index (χ2v) is 70.1. The molecule has 391 valence electrons. The third-order valence-electron chi connectivity index (χ3n) is 8.97. The Morgan fingerprint density at radius 3 is 1.33 bits per heavy atom. The van der Waals surface area contributed by atoms with Crippen molar-refractivity contribution in [2.45, 2.75) is 80.9 Å². The van der Waals surface area contributed by atoms with E-state index in [-0.39, 0.29) is 50.2 Å². The van der Waals surface area contributed by atoms with Crippen LogP contribution in [0, 0.1) is 5.92 Å². The van der Waals surface area contributed by atoms with E-state index in [0.717, 1.165) is 18.8 Å². The van der Waals surface area contributed by atoms with Crippen molar-refractivity contribution in [3.8, 4) is 0 Å². The summed E-state index contributed by atoms with van der Waals surface area (Å²) in [6, 6.07) is 16.5. The zero-order valence-corrected chi connectivity index (χ0v) is 56.4. The normalized spacial score (nSPS) is 19.0. The molecule has 0 fully saturated rings. The third-order valence-corrected chi connectivity index (χ3v) is 13.3. The van der Waals surface area contributed by atoms with Crippen LogP contribution in [-0.2, 0) is 58.2 Å². The van der Waals surface area contributed by atoms with Crippen molar-refractivity contribution in [1.29, 1.82) is 0 Å². The van der Waals surface area contributed by atoms with E-state index in [0.29, 0.717) is 26.2 Å². The molecule has 1 unspecified atom stereocenters. The Balaban J connectivity index is 0.000000937. The number of carbonyl (C=O) groups excluding carboxylic acids is 1. The number of ether oxygens (including phenoxy) is 2. The van der Waals surface area contributed by atoms with Gasteiger partial charge in [-0.2, -0.15) is 0 Å². The zero-order chi connectivity index (χ0) is 54.3. The van der Waals surface area contributed by atoms with Crippen LogP contribution < -0.4 is 0 Å². The van der Waals surface area contributed by atoms with Gasteiger partial charge in [-0.25, -0.2) is 39.6 Å². The Bertz CT molecular complexity index is 2340. The van der Waals surface area contributed by atoms with Crippen molar-refractivity contribution in [1.82, 2.24) is 0 Å². The van der Waals surface area contributed by atoms with Crippen LogP contribution in [-0.4, -0.2) is 119 Å². The number of halogens is 12. The maximum atomic E-state index is 13.0. The number of Topliss-reactive ketones (excluding diaryl/α,β-unsaturated/α-hetero) is 1. The van der Waals surface area contributed by atoms with E-state index >= 15 is 0 Å². The van der Waals surface area contributed by atoms with Crippen molar-refractivity contribution in [3.63, 3.8) is 0 Å². The van der Waals surface area contributed by atoms with Gasteiger partial charge in [-0.3, -0.25) is 9.18 Å². The van der Waals surface area contributed by atoms with Gasteiger partial charge in [0, 0.05) is 32.5 Å². The van der Waals surface area contributed by atoms with Crippen LogP contribution in [0.25, 0.3) is 0 Å². The molecule has 2 aliphatic rings. The minimum absolute atomic E-state index is 0.0770. The first-order chi connectivity index (χ1) is 32.5. The fourth-order valence-corrected chi connectivity index (χ4v) is 8.07. The monoisotopic (exact) mass is 1770 g/mol. The van der Waals surface area contributed by atoms with Crippen molar-refractivity contribution in [2.24, 2.45) is 15.9 Å². The first-order valence-corrected chi connectivity index (χ1v) is 49.1. The number of sulfone groups is 3. The van der Waals surface area contributed by atoms with Gasteiger partial charge >= 0.3 is 114 Å². The summed E-state index contributed by atoms with van der Waals surface area (Å²) >= 11 is 40.4. The molecular weight excluding hydrogens is 1720 g/mol. The van der Waals surface area contributed by atoms with Crippen molar-refractivity contribution in [2.75, 3.05) is 38.7 Å². The number of hydrogen-bond acceptors (Lipinski definition) is 13. The summed E-state index contributed by atoms with van der Waals surface area (Å²) in [4.78, 5) is 18.0. The Morgan fingerprint density at radius 1 is 0.739 bits per heavy atom. The number of hydrogen-bond donors (Lipinski definition) is 2. The molecule has 2 N–H and O–H groups in total. The van der Waals surface area contributed by atoms with Crippen molar-refractivity contribution < 1.29 is 74.3 Å². The molecule has 0 amide bonds. The summed E-state index contributed by atoms with van der Waals surface area (Å²) < 4.78 is 111. The van der Waals surface area contributed by atoms with Gasteiger partial charge in [0.1, 0.15) is 24.9 Å². The molecule has 2 heterocycles. The standard InChI is InChI=1S/C14H18ClFO4S.C12H12Cl2FNO3S.C12H13Cl2NO4S.CH4.5HI.2V/c1-9(15)13(17)7-11(8-16)14(18)10-3-5-12(6-4-10)21(2,19)20;1-20(17,18)8-4-2-7(3-5-8)10-9(6-15)16-12(19-10)11(13)14;1-20(17,18)8-4-2-7(3-5-8)10-9(6-16)15-12(19-10)11(13)14;;;;;;;;/h3-6,9,11,14,18H,7-8H2,1-2H3;2-5,9-11H,6H2,1H3;2-5,9-11,16H,6H2,1H3;1H4;5*1H;;/q;;;;;;;;;+2;+3/p-5/t9?,11-,14-;2*9-,10-;;;;;;;;/m111......../s1/i;;;1T;;;;;;;. The van der Waals surface area contributed by atoms with Gasteiger partial charge in [0.05, 0.1) is 39.4 Å². The topological polar surface area (TPSA) is 203 Å². The van der Waals surface area contributed by atoms with Gasteiger partial charge in [-0.1, -0.05) is 90.2 Å².